The number of H-pyrrole nitrogens is 1. The monoisotopic (exact) mass is 271 g/mol. The second kappa shape index (κ2) is 5.46. The molecule has 2 heterocycles. The first kappa shape index (κ1) is 12.9. The van der Waals surface area contributed by atoms with Crippen LogP contribution >= 0.6 is 0 Å². The average Bonchev–Trinajstić information content (AvgIpc) is 2.47. The predicted molar refractivity (Wildman–Crippen MR) is 77.9 cm³/mol. The number of aromatic amines is 1. The van der Waals surface area contributed by atoms with E-state index in [4.69, 9.17) is 0 Å². The molecule has 3 rings (SSSR count). The number of carbonyl (C=O) groups excluding carboxylic acids is 1. The summed E-state index contributed by atoms with van der Waals surface area (Å²) in [4.78, 5) is 26.9. The standard InChI is InChI=1S/C15H17N3O2/c19-14(17-11-5-3-7-16-9-11)12-8-10-4-1-2-6-13(10)18-15(12)20/h1-2,4,6,8,11,16H,3,5,7,9H2,(H,17,19)(H,18,20). The lowest BCUT2D eigenvalue weighted by Crippen LogP contribution is -2.46. The van der Waals surface area contributed by atoms with Gasteiger partial charge in [-0.25, -0.2) is 0 Å². The van der Waals surface area contributed by atoms with Gasteiger partial charge in [0, 0.05) is 18.1 Å². The molecule has 0 bridgehead atoms. The Hall–Kier alpha value is -2.14. The molecular weight excluding hydrogens is 254 g/mol. The number of piperidine rings is 1. The molecule has 0 radical (unpaired) electrons. The Labute approximate surface area is 116 Å². The second-order valence-electron chi connectivity index (χ2n) is 5.12. The minimum Gasteiger partial charge on any atom is -0.348 e. The van der Waals surface area contributed by atoms with Crippen molar-refractivity contribution in [2.24, 2.45) is 0 Å². The van der Waals surface area contributed by atoms with Crippen molar-refractivity contribution in [3.8, 4) is 0 Å². The number of rotatable bonds is 2. The molecule has 5 heteroatoms. The third kappa shape index (κ3) is 2.58. The first-order valence-corrected chi connectivity index (χ1v) is 6.88. The molecule has 1 unspecified atom stereocenters. The molecule has 3 N–H and O–H groups in total. The van der Waals surface area contributed by atoms with Gasteiger partial charge in [-0.1, -0.05) is 18.2 Å². The van der Waals surface area contributed by atoms with Crippen LogP contribution in [0, 0.1) is 0 Å². The fourth-order valence-electron chi connectivity index (χ4n) is 2.55. The number of hydrogen-bond acceptors (Lipinski definition) is 3. The van der Waals surface area contributed by atoms with Gasteiger partial charge in [0.2, 0.25) is 0 Å². The second-order valence-corrected chi connectivity index (χ2v) is 5.12. The number of benzene rings is 1. The molecule has 1 aliphatic rings. The molecule has 0 aliphatic carbocycles. The molecule has 1 aliphatic heterocycles. The van der Waals surface area contributed by atoms with Crippen molar-refractivity contribution in [3.05, 3.63) is 46.2 Å². The van der Waals surface area contributed by atoms with Crippen LogP contribution in [0.15, 0.2) is 35.1 Å². The van der Waals surface area contributed by atoms with Crippen LogP contribution in [0.3, 0.4) is 0 Å². The van der Waals surface area contributed by atoms with Gasteiger partial charge in [-0.2, -0.15) is 0 Å². The summed E-state index contributed by atoms with van der Waals surface area (Å²) in [6.45, 7) is 1.75. The number of nitrogens with one attached hydrogen (secondary N) is 3. The van der Waals surface area contributed by atoms with Gasteiger partial charge in [-0.15, -0.1) is 0 Å². The van der Waals surface area contributed by atoms with Crippen LogP contribution in [0.1, 0.15) is 23.2 Å². The lowest BCUT2D eigenvalue weighted by molar-refractivity contribution is 0.0929. The topological polar surface area (TPSA) is 74.0 Å². The number of aromatic nitrogens is 1. The van der Waals surface area contributed by atoms with Gasteiger partial charge in [0.15, 0.2) is 0 Å². The zero-order valence-corrected chi connectivity index (χ0v) is 11.1. The van der Waals surface area contributed by atoms with E-state index in [1.54, 1.807) is 6.07 Å². The maximum atomic E-state index is 12.2. The fraction of sp³-hybridized carbons (Fsp3) is 0.333. The Morgan fingerprint density at radius 3 is 2.95 bits per heavy atom. The lowest BCUT2D eigenvalue weighted by Gasteiger charge is -2.23. The van der Waals surface area contributed by atoms with E-state index in [1.807, 2.05) is 24.3 Å². The molecular formula is C15H17N3O2. The summed E-state index contributed by atoms with van der Waals surface area (Å²) in [5, 5.41) is 7.01. The van der Waals surface area contributed by atoms with Gasteiger partial charge in [0.25, 0.3) is 11.5 Å². The number of fused-ring (bicyclic) bond motifs is 1. The van der Waals surface area contributed by atoms with Crippen LogP contribution in [0.25, 0.3) is 10.9 Å². The van der Waals surface area contributed by atoms with Crippen molar-refractivity contribution in [1.29, 1.82) is 0 Å². The SMILES string of the molecule is O=C(NC1CCCNC1)c1cc2ccccc2[nH]c1=O. The van der Waals surface area contributed by atoms with Crippen molar-refractivity contribution in [2.45, 2.75) is 18.9 Å². The van der Waals surface area contributed by atoms with E-state index < -0.39 is 0 Å². The van der Waals surface area contributed by atoms with E-state index in [-0.39, 0.29) is 23.1 Å². The number of carbonyl (C=O) groups is 1. The van der Waals surface area contributed by atoms with Crippen molar-refractivity contribution < 1.29 is 4.79 Å². The molecule has 5 nitrogen and oxygen atoms in total. The highest BCUT2D eigenvalue weighted by molar-refractivity contribution is 5.97. The predicted octanol–water partition coefficient (Wildman–Crippen LogP) is 1.01. The Kier molecular flexibility index (Phi) is 3.52. The first-order valence-electron chi connectivity index (χ1n) is 6.88. The van der Waals surface area contributed by atoms with Gasteiger partial charge in [-0.05, 0) is 36.9 Å². The maximum absolute atomic E-state index is 12.2. The smallest absolute Gasteiger partial charge is 0.261 e. The van der Waals surface area contributed by atoms with Crippen molar-refractivity contribution in [1.82, 2.24) is 15.6 Å². The molecule has 1 aromatic heterocycles. The van der Waals surface area contributed by atoms with Crippen LogP contribution in [0.4, 0.5) is 0 Å². The fourth-order valence-corrected chi connectivity index (χ4v) is 2.55. The van der Waals surface area contributed by atoms with Crippen LogP contribution in [0.5, 0.6) is 0 Å². The molecule has 0 saturated carbocycles. The van der Waals surface area contributed by atoms with E-state index in [9.17, 15) is 9.59 Å². The van der Waals surface area contributed by atoms with E-state index >= 15 is 0 Å². The van der Waals surface area contributed by atoms with Gasteiger partial charge in [-0.3, -0.25) is 9.59 Å². The van der Waals surface area contributed by atoms with Crippen LogP contribution in [0.2, 0.25) is 0 Å². The molecule has 1 saturated heterocycles. The van der Waals surface area contributed by atoms with Crippen molar-refractivity contribution in [2.75, 3.05) is 13.1 Å². The normalized spacial score (nSPS) is 18.9. The van der Waals surface area contributed by atoms with Gasteiger partial charge in [0.05, 0.1) is 0 Å². The van der Waals surface area contributed by atoms with Gasteiger partial charge in [0.1, 0.15) is 5.56 Å². The molecule has 0 spiro atoms. The molecule has 20 heavy (non-hydrogen) atoms. The van der Waals surface area contributed by atoms with Gasteiger partial charge >= 0.3 is 0 Å². The van der Waals surface area contributed by atoms with Crippen LogP contribution < -0.4 is 16.2 Å². The lowest BCUT2D eigenvalue weighted by atomic mass is 10.1. The van der Waals surface area contributed by atoms with Crippen LogP contribution in [-0.2, 0) is 0 Å². The Balaban J connectivity index is 1.87. The van der Waals surface area contributed by atoms with E-state index in [1.165, 1.54) is 0 Å². The highest BCUT2D eigenvalue weighted by Crippen LogP contribution is 2.10. The largest absolute Gasteiger partial charge is 0.348 e. The molecule has 1 atom stereocenters. The number of para-hydroxylation sites is 1. The van der Waals surface area contributed by atoms with Crippen molar-refractivity contribution >= 4 is 16.8 Å². The third-order valence-corrected chi connectivity index (χ3v) is 3.63. The van der Waals surface area contributed by atoms with Crippen molar-refractivity contribution in [3.63, 3.8) is 0 Å². The zero-order chi connectivity index (χ0) is 13.9. The highest BCUT2D eigenvalue weighted by Gasteiger charge is 2.18. The first-order chi connectivity index (χ1) is 9.74. The Morgan fingerprint density at radius 2 is 2.15 bits per heavy atom. The highest BCUT2D eigenvalue weighted by atomic mass is 16.2. The van der Waals surface area contributed by atoms with E-state index in [0.29, 0.717) is 0 Å². The third-order valence-electron chi connectivity index (χ3n) is 3.63. The van der Waals surface area contributed by atoms with E-state index in [0.717, 1.165) is 36.8 Å². The minimum absolute atomic E-state index is 0.0992. The number of hydrogen-bond donors (Lipinski definition) is 3. The summed E-state index contributed by atoms with van der Waals surface area (Å²) in [5.41, 5.74) is 0.577. The van der Waals surface area contributed by atoms with Crippen LogP contribution in [-0.4, -0.2) is 30.0 Å². The molecule has 2 aromatic rings. The number of pyridine rings is 1. The van der Waals surface area contributed by atoms with E-state index in [2.05, 4.69) is 15.6 Å². The minimum atomic E-state index is -0.343. The zero-order valence-electron chi connectivity index (χ0n) is 11.1. The summed E-state index contributed by atoms with van der Waals surface area (Å²) >= 11 is 0. The summed E-state index contributed by atoms with van der Waals surface area (Å²) in [6.07, 6.45) is 1.99. The summed E-state index contributed by atoms with van der Waals surface area (Å²) in [7, 11) is 0. The Morgan fingerprint density at radius 1 is 1.30 bits per heavy atom. The summed E-state index contributed by atoms with van der Waals surface area (Å²) < 4.78 is 0. The Bertz CT molecular complexity index is 687. The molecule has 1 aromatic carbocycles. The quantitative estimate of drug-likeness (QED) is 0.763. The van der Waals surface area contributed by atoms with Gasteiger partial charge < -0.3 is 15.6 Å². The maximum Gasteiger partial charge on any atom is 0.261 e. The summed E-state index contributed by atoms with van der Waals surface area (Å²) in [6, 6.07) is 9.19. The molecule has 1 fully saturated rings. The molecule has 104 valence electrons. The molecule has 1 amide bonds. The number of amides is 1. The summed E-state index contributed by atoms with van der Waals surface area (Å²) in [5.74, 6) is -0.300. The average molecular weight is 271 g/mol.